The van der Waals surface area contributed by atoms with Crippen molar-refractivity contribution in [1.82, 2.24) is 4.90 Å². The number of fused-ring (bicyclic) bond motifs is 1. The number of nitrogens with zero attached hydrogens (tertiary/aromatic N) is 1. The van der Waals surface area contributed by atoms with Gasteiger partial charge in [0.25, 0.3) is 0 Å². The maximum atomic E-state index is 12.3. The van der Waals surface area contributed by atoms with Crippen LogP contribution in [0.3, 0.4) is 0 Å². The van der Waals surface area contributed by atoms with Gasteiger partial charge in [-0.05, 0) is 68.2 Å². The average Bonchev–Trinajstić information content (AvgIpc) is 2.95. The topological polar surface area (TPSA) is 52.6 Å². The van der Waals surface area contributed by atoms with E-state index in [4.69, 9.17) is 0 Å². The highest BCUT2D eigenvalue weighted by Gasteiger charge is 2.25. The largest absolute Gasteiger partial charge is 0.393 e. The number of likely N-dealkylation sites (tertiary alicyclic amines) is 1. The van der Waals surface area contributed by atoms with Gasteiger partial charge in [-0.15, -0.1) is 0 Å². The minimum atomic E-state index is -0.271. The number of benzene rings is 1. The number of hydrogen-bond acceptors (Lipinski definition) is 2. The van der Waals surface area contributed by atoms with Gasteiger partial charge in [0.15, 0.2) is 0 Å². The molecular formula is C17H24N2O2. The fraction of sp³-hybridized carbons (Fsp3) is 0.588. The zero-order valence-corrected chi connectivity index (χ0v) is 12.6. The van der Waals surface area contributed by atoms with Gasteiger partial charge in [-0.1, -0.05) is 6.07 Å². The van der Waals surface area contributed by atoms with Gasteiger partial charge >= 0.3 is 6.03 Å². The maximum absolute atomic E-state index is 12.3. The summed E-state index contributed by atoms with van der Waals surface area (Å²) in [4.78, 5) is 14.1. The Morgan fingerprint density at radius 3 is 2.71 bits per heavy atom. The van der Waals surface area contributed by atoms with Crippen molar-refractivity contribution in [2.24, 2.45) is 5.92 Å². The van der Waals surface area contributed by atoms with Crippen LogP contribution in [0.1, 0.15) is 37.3 Å². The third-order valence-electron chi connectivity index (χ3n) is 4.86. The van der Waals surface area contributed by atoms with E-state index in [1.54, 1.807) is 0 Å². The summed E-state index contributed by atoms with van der Waals surface area (Å²) < 4.78 is 0. The molecule has 1 atom stereocenters. The minimum Gasteiger partial charge on any atom is -0.393 e. The van der Waals surface area contributed by atoms with Crippen LogP contribution < -0.4 is 5.32 Å². The zero-order valence-electron chi connectivity index (χ0n) is 12.6. The molecule has 0 radical (unpaired) electrons. The smallest absolute Gasteiger partial charge is 0.321 e. The van der Waals surface area contributed by atoms with E-state index in [-0.39, 0.29) is 12.1 Å². The Balaban J connectivity index is 1.57. The molecule has 2 aliphatic rings. The number of aryl methyl sites for hydroxylation is 2. The van der Waals surface area contributed by atoms with Gasteiger partial charge in [0.2, 0.25) is 0 Å². The Labute approximate surface area is 126 Å². The van der Waals surface area contributed by atoms with Crippen molar-refractivity contribution in [3.05, 3.63) is 29.3 Å². The first-order valence-electron chi connectivity index (χ1n) is 7.99. The van der Waals surface area contributed by atoms with E-state index < -0.39 is 0 Å². The zero-order chi connectivity index (χ0) is 14.8. The second-order valence-electron chi connectivity index (χ2n) is 6.33. The van der Waals surface area contributed by atoms with Crippen molar-refractivity contribution < 1.29 is 9.90 Å². The number of hydrogen-bond donors (Lipinski definition) is 2. The second-order valence-corrected chi connectivity index (χ2v) is 6.33. The number of urea groups is 1. The molecule has 2 amide bonds. The molecule has 2 N–H and O–H groups in total. The van der Waals surface area contributed by atoms with Crippen molar-refractivity contribution in [1.29, 1.82) is 0 Å². The van der Waals surface area contributed by atoms with Gasteiger partial charge in [0, 0.05) is 18.8 Å². The highest BCUT2D eigenvalue weighted by atomic mass is 16.3. The third kappa shape index (κ3) is 3.21. The molecule has 1 heterocycles. The molecule has 114 valence electrons. The molecule has 1 aromatic rings. The SMILES string of the molecule is CC(O)C1CCN(C(=O)Nc2ccc3c(c2)CCC3)CC1. The molecule has 4 heteroatoms. The second kappa shape index (κ2) is 6.06. The van der Waals surface area contributed by atoms with E-state index in [1.807, 2.05) is 17.9 Å². The first kappa shape index (κ1) is 14.4. The summed E-state index contributed by atoms with van der Waals surface area (Å²) in [6.45, 7) is 3.30. The summed E-state index contributed by atoms with van der Waals surface area (Å²) in [7, 11) is 0. The molecular weight excluding hydrogens is 264 g/mol. The van der Waals surface area contributed by atoms with Gasteiger partial charge in [0.1, 0.15) is 0 Å². The van der Waals surface area contributed by atoms with E-state index in [0.29, 0.717) is 5.92 Å². The first-order valence-corrected chi connectivity index (χ1v) is 7.99. The summed E-state index contributed by atoms with van der Waals surface area (Å²) >= 11 is 0. The number of anilines is 1. The normalized spacial score (nSPS) is 20.2. The maximum Gasteiger partial charge on any atom is 0.321 e. The molecule has 1 saturated heterocycles. The number of carbonyl (C=O) groups excluding carboxylic acids is 1. The van der Waals surface area contributed by atoms with Crippen molar-refractivity contribution in [2.75, 3.05) is 18.4 Å². The van der Waals surface area contributed by atoms with Crippen molar-refractivity contribution in [3.63, 3.8) is 0 Å². The van der Waals surface area contributed by atoms with Gasteiger partial charge in [-0.25, -0.2) is 4.79 Å². The third-order valence-corrected chi connectivity index (χ3v) is 4.86. The lowest BCUT2D eigenvalue weighted by atomic mass is 9.92. The van der Waals surface area contributed by atoms with Crippen LogP contribution in [0.25, 0.3) is 0 Å². The molecule has 3 rings (SSSR count). The summed E-state index contributed by atoms with van der Waals surface area (Å²) in [5, 5.41) is 12.6. The molecule has 1 aromatic carbocycles. The van der Waals surface area contributed by atoms with E-state index >= 15 is 0 Å². The predicted molar refractivity (Wildman–Crippen MR) is 83.5 cm³/mol. The lowest BCUT2D eigenvalue weighted by Gasteiger charge is -2.33. The summed E-state index contributed by atoms with van der Waals surface area (Å²) in [6, 6.07) is 6.24. The lowest BCUT2D eigenvalue weighted by molar-refractivity contribution is 0.0820. The van der Waals surface area contributed by atoms with Gasteiger partial charge in [0.05, 0.1) is 6.10 Å². The number of carbonyl (C=O) groups is 1. The summed E-state index contributed by atoms with van der Waals surface area (Å²) in [5.74, 6) is 0.328. The summed E-state index contributed by atoms with van der Waals surface area (Å²) in [6.07, 6.45) is 5.01. The van der Waals surface area contributed by atoms with Crippen LogP contribution in [0, 0.1) is 5.92 Å². The highest BCUT2D eigenvalue weighted by Crippen LogP contribution is 2.26. The highest BCUT2D eigenvalue weighted by molar-refractivity contribution is 5.89. The summed E-state index contributed by atoms with van der Waals surface area (Å²) in [5.41, 5.74) is 3.70. The van der Waals surface area contributed by atoms with E-state index in [2.05, 4.69) is 17.4 Å². The number of aliphatic hydroxyl groups excluding tert-OH is 1. The van der Waals surface area contributed by atoms with Gasteiger partial charge in [-0.2, -0.15) is 0 Å². The van der Waals surface area contributed by atoms with Crippen LogP contribution in [0.2, 0.25) is 0 Å². The number of amides is 2. The van der Waals surface area contributed by atoms with Crippen LogP contribution in [-0.2, 0) is 12.8 Å². The average molecular weight is 288 g/mol. The minimum absolute atomic E-state index is 0.0167. The first-order chi connectivity index (χ1) is 10.1. The van der Waals surface area contributed by atoms with Crippen molar-refractivity contribution in [3.8, 4) is 0 Å². The Hall–Kier alpha value is -1.55. The van der Waals surface area contributed by atoms with Crippen molar-refractivity contribution >= 4 is 11.7 Å². The van der Waals surface area contributed by atoms with Crippen molar-refractivity contribution in [2.45, 2.75) is 45.1 Å². The fourth-order valence-corrected chi connectivity index (χ4v) is 3.44. The molecule has 0 saturated carbocycles. The number of piperidine rings is 1. The lowest BCUT2D eigenvalue weighted by Crippen LogP contribution is -2.42. The van der Waals surface area contributed by atoms with E-state index in [1.165, 1.54) is 17.5 Å². The predicted octanol–water partition coefficient (Wildman–Crippen LogP) is 2.80. The molecule has 0 spiro atoms. The van der Waals surface area contributed by atoms with Gasteiger partial charge in [-0.3, -0.25) is 0 Å². The molecule has 1 aliphatic carbocycles. The quantitative estimate of drug-likeness (QED) is 0.879. The van der Waals surface area contributed by atoms with E-state index in [0.717, 1.165) is 44.5 Å². The molecule has 0 bridgehead atoms. The van der Waals surface area contributed by atoms with Crippen LogP contribution >= 0.6 is 0 Å². The number of nitrogens with one attached hydrogen (secondary N) is 1. The Morgan fingerprint density at radius 1 is 1.29 bits per heavy atom. The van der Waals surface area contributed by atoms with E-state index in [9.17, 15) is 9.90 Å². The molecule has 4 nitrogen and oxygen atoms in total. The van der Waals surface area contributed by atoms with Crippen LogP contribution in [0.15, 0.2) is 18.2 Å². The van der Waals surface area contributed by atoms with Crippen LogP contribution in [-0.4, -0.2) is 35.2 Å². The Morgan fingerprint density at radius 2 is 2.00 bits per heavy atom. The number of aliphatic hydroxyl groups is 1. The monoisotopic (exact) mass is 288 g/mol. The standard InChI is InChI=1S/C17H24N2O2/c1-12(20)13-7-9-19(10-8-13)17(21)18-16-6-5-14-3-2-4-15(14)11-16/h5-6,11-13,20H,2-4,7-10H2,1H3,(H,18,21). The Bertz CT molecular complexity index is 520. The molecule has 21 heavy (non-hydrogen) atoms. The van der Waals surface area contributed by atoms with Gasteiger partial charge < -0.3 is 15.3 Å². The molecule has 1 unspecified atom stereocenters. The Kier molecular flexibility index (Phi) is 4.15. The number of rotatable bonds is 2. The molecule has 1 fully saturated rings. The molecule has 0 aromatic heterocycles. The fourth-order valence-electron chi connectivity index (χ4n) is 3.44. The van der Waals surface area contributed by atoms with Crippen LogP contribution in [0.4, 0.5) is 10.5 Å². The van der Waals surface area contributed by atoms with Crippen LogP contribution in [0.5, 0.6) is 0 Å². The molecule has 1 aliphatic heterocycles.